The number of nitrogens with zero attached hydrogens (tertiary/aromatic N) is 1. The fraction of sp³-hybridized carbons (Fsp3) is 0.417. The molecule has 0 spiro atoms. The van der Waals surface area contributed by atoms with Crippen molar-refractivity contribution in [3.8, 4) is 0 Å². The van der Waals surface area contributed by atoms with Crippen molar-refractivity contribution < 1.29 is 9.59 Å². The summed E-state index contributed by atoms with van der Waals surface area (Å²) in [5.74, 6) is 0.0503. The Morgan fingerprint density at radius 1 is 0.931 bits per heavy atom. The molecule has 1 atom stereocenters. The highest BCUT2D eigenvalue weighted by Gasteiger charge is 2.24. The molecule has 2 aromatic rings. The van der Waals surface area contributed by atoms with Gasteiger partial charge in [-0.05, 0) is 37.5 Å². The van der Waals surface area contributed by atoms with E-state index in [0.29, 0.717) is 5.56 Å². The number of carbonyl (C=O) groups is 2. The Bertz CT molecular complexity index is 827. The summed E-state index contributed by atoms with van der Waals surface area (Å²) in [6.07, 6.45) is 1.77. The van der Waals surface area contributed by atoms with Gasteiger partial charge in [0.05, 0.1) is 11.6 Å². The van der Waals surface area contributed by atoms with Gasteiger partial charge in [0.25, 0.3) is 5.91 Å². The Hall–Kier alpha value is -2.82. The van der Waals surface area contributed by atoms with Gasteiger partial charge < -0.3 is 15.5 Å². The summed E-state index contributed by atoms with van der Waals surface area (Å²) in [6.45, 7) is 7.47. The maximum atomic E-state index is 13.0. The molecule has 1 aliphatic heterocycles. The van der Waals surface area contributed by atoms with Crippen LogP contribution in [0, 0.1) is 5.92 Å². The second-order valence-electron chi connectivity index (χ2n) is 8.05. The summed E-state index contributed by atoms with van der Waals surface area (Å²) in [5, 5.41) is 6.24. The van der Waals surface area contributed by atoms with Crippen LogP contribution >= 0.6 is 0 Å². The molecule has 1 heterocycles. The summed E-state index contributed by atoms with van der Waals surface area (Å²) in [7, 11) is 0. The molecule has 2 amide bonds. The highest BCUT2D eigenvalue weighted by Crippen LogP contribution is 2.25. The molecule has 1 unspecified atom stereocenters. The van der Waals surface area contributed by atoms with Crippen molar-refractivity contribution in [1.82, 2.24) is 10.6 Å². The number of piperidine rings is 1. The first-order valence-electron chi connectivity index (χ1n) is 10.5. The molecule has 2 aromatic carbocycles. The number of carbonyl (C=O) groups excluding carboxylic acids is 2. The third-order valence-electron chi connectivity index (χ3n) is 5.50. The zero-order valence-electron chi connectivity index (χ0n) is 17.5. The van der Waals surface area contributed by atoms with E-state index in [2.05, 4.69) is 15.5 Å². The summed E-state index contributed by atoms with van der Waals surface area (Å²) in [5.41, 5.74) is 2.74. The maximum Gasteiger partial charge on any atom is 0.253 e. The van der Waals surface area contributed by atoms with E-state index in [1.165, 1.54) is 0 Å². The fourth-order valence-corrected chi connectivity index (χ4v) is 3.67. The lowest BCUT2D eigenvalue weighted by Crippen LogP contribution is -2.46. The van der Waals surface area contributed by atoms with Gasteiger partial charge in [0, 0.05) is 30.7 Å². The third-order valence-corrected chi connectivity index (χ3v) is 5.50. The van der Waals surface area contributed by atoms with E-state index in [9.17, 15) is 9.59 Å². The largest absolute Gasteiger partial charge is 0.371 e. The van der Waals surface area contributed by atoms with Gasteiger partial charge in [-0.1, -0.05) is 56.3 Å². The van der Waals surface area contributed by atoms with Crippen LogP contribution < -0.4 is 15.5 Å². The van der Waals surface area contributed by atoms with E-state index in [1.807, 2.05) is 75.4 Å². The molecule has 0 aliphatic carbocycles. The molecule has 1 saturated heterocycles. The predicted molar refractivity (Wildman–Crippen MR) is 117 cm³/mol. The molecular formula is C24H31N3O2. The Labute approximate surface area is 173 Å². The van der Waals surface area contributed by atoms with Gasteiger partial charge in [0.1, 0.15) is 0 Å². The monoisotopic (exact) mass is 393 g/mol. The van der Waals surface area contributed by atoms with Crippen molar-refractivity contribution in [2.75, 3.05) is 18.0 Å². The Morgan fingerprint density at radius 3 is 2.21 bits per heavy atom. The average molecular weight is 394 g/mol. The average Bonchev–Trinajstić information content (AvgIpc) is 2.74. The minimum atomic E-state index is -0.0628. The molecule has 0 aromatic heterocycles. The quantitative estimate of drug-likeness (QED) is 0.782. The molecule has 3 rings (SSSR count). The van der Waals surface area contributed by atoms with Crippen LogP contribution in [0.2, 0.25) is 0 Å². The summed E-state index contributed by atoms with van der Waals surface area (Å²) < 4.78 is 0. The predicted octanol–water partition coefficient (Wildman–Crippen LogP) is 3.92. The Kier molecular flexibility index (Phi) is 6.91. The van der Waals surface area contributed by atoms with E-state index < -0.39 is 0 Å². The van der Waals surface area contributed by atoms with E-state index in [-0.39, 0.29) is 29.8 Å². The molecule has 5 heteroatoms. The van der Waals surface area contributed by atoms with Gasteiger partial charge >= 0.3 is 0 Å². The lowest BCUT2D eigenvalue weighted by Gasteiger charge is -2.35. The molecule has 29 heavy (non-hydrogen) atoms. The highest BCUT2D eigenvalue weighted by atomic mass is 16.2. The van der Waals surface area contributed by atoms with Crippen LogP contribution in [0.15, 0.2) is 54.6 Å². The molecule has 154 valence electrons. The van der Waals surface area contributed by atoms with Crippen LogP contribution in [0.3, 0.4) is 0 Å². The first kappa shape index (κ1) is 20.9. The second kappa shape index (κ2) is 9.59. The van der Waals surface area contributed by atoms with Crippen LogP contribution in [-0.2, 0) is 4.79 Å². The first-order valence-corrected chi connectivity index (χ1v) is 10.5. The second-order valence-corrected chi connectivity index (χ2v) is 8.05. The summed E-state index contributed by atoms with van der Waals surface area (Å²) >= 11 is 0. The Morgan fingerprint density at radius 2 is 1.55 bits per heavy atom. The zero-order chi connectivity index (χ0) is 20.8. The van der Waals surface area contributed by atoms with Crippen LogP contribution in [0.1, 0.15) is 55.6 Å². The number of nitrogens with one attached hydrogen (secondary N) is 2. The maximum absolute atomic E-state index is 13.0. The van der Waals surface area contributed by atoms with E-state index in [0.717, 1.165) is 37.2 Å². The zero-order valence-corrected chi connectivity index (χ0v) is 17.5. The molecule has 0 saturated carbocycles. The molecule has 1 fully saturated rings. The molecule has 2 N–H and O–H groups in total. The summed E-state index contributed by atoms with van der Waals surface area (Å²) in [6, 6.07) is 17.9. The standard InChI is InChI=1S/C24H31N3O2/c1-17(2)23(28)26-20-13-15-27(16-14-20)22-12-8-7-11-21(22)24(29)25-18(3)19-9-5-4-6-10-19/h4-12,17-18,20H,13-16H2,1-3H3,(H,25,29)(H,26,28). The number of para-hydroxylation sites is 1. The minimum Gasteiger partial charge on any atom is -0.371 e. The van der Waals surface area contributed by atoms with Crippen LogP contribution in [0.4, 0.5) is 5.69 Å². The topological polar surface area (TPSA) is 61.4 Å². The van der Waals surface area contributed by atoms with Crippen molar-refractivity contribution >= 4 is 17.5 Å². The lowest BCUT2D eigenvalue weighted by molar-refractivity contribution is -0.124. The van der Waals surface area contributed by atoms with Gasteiger partial charge in [-0.3, -0.25) is 9.59 Å². The van der Waals surface area contributed by atoms with Crippen LogP contribution in [0.25, 0.3) is 0 Å². The SMILES string of the molecule is CC(C)C(=O)NC1CCN(c2ccccc2C(=O)NC(C)c2ccccc2)CC1. The third kappa shape index (κ3) is 5.37. The number of anilines is 1. The summed E-state index contributed by atoms with van der Waals surface area (Å²) in [4.78, 5) is 27.2. The molecule has 5 nitrogen and oxygen atoms in total. The smallest absolute Gasteiger partial charge is 0.253 e. The molecule has 1 aliphatic rings. The highest BCUT2D eigenvalue weighted by molar-refractivity contribution is 6.00. The van der Waals surface area contributed by atoms with Crippen molar-refractivity contribution in [1.29, 1.82) is 0 Å². The normalized spacial score (nSPS) is 15.8. The number of amides is 2. The lowest BCUT2D eigenvalue weighted by atomic mass is 10.0. The van der Waals surface area contributed by atoms with E-state index >= 15 is 0 Å². The number of hydrogen-bond donors (Lipinski definition) is 2. The van der Waals surface area contributed by atoms with Gasteiger partial charge in [0.2, 0.25) is 5.91 Å². The van der Waals surface area contributed by atoms with Crippen molar-refractivity contribution in [2.24, 2.45) is 5.92 Å². The van der Waals surface area contributed by atoms with Crippen molar-refractivity contribution in [2.45, 2.75) is 45.7 Å². The van der Waals surface area contributed by atoms with Crippen LogP contribution in [0.5, 0.6) is 0 Å². The van der Waals surface area contributed by atoms with E-state index in [1.54, 1.807) is 0 Å². The fourth-order valence-electron chi connectivity index (χ4n) is 3.67. The Balaban J connectivity index is 1.65. The minimum absolute atomic E-state index is 0.00376. The van der Waals surface area contributed by atoms with Gasteiger partial charge in [-0.15, -0.1) is 0 Å². The number of hydrogen-bond acceptors (Lipinski definition) is 3. The van der Waals surface area contributed by atoms with Crippen molar-refractivity contribution in [3.63, 3.8) is 0 Å². The van der Waals surface area contributed by atoms with Gasteiger partial charge in [0.15, 0.2) is 0 Å². The molecule has 0 bridgehead atoms. The number of benzene rings is 2. The van der Waals surface area contributed by atoms with Crippen LogP contribution in [-0.4, -0.2) is 30.9 Å². The molecular weight excluding hydrogens is 362 g/mol. The van der Waals surface area contributed by atoms with Gasteiger partial charge in [-0.2, -0.15) is 0 Å². The van der Waals surface area contributed by atoms with E-state index in [4.69, 9.17) is 0 Å². The van der Waals surface area contributed by atoms with Gasteiger partial charge in [-0.25, -0.2) is 0 Å². The molecule has 0 radical (unpaired) electrons. The first-order chi connectivity index (χ1) is 14.0. The number of rotatable bonds is 6. The van der Waals surface area contributed by atoms with Crippen molar-refractivity contribution in [3.05, 3.63) is 65.7 Å².